The highest BCUT2D eigenvalue weighted by Gasteiger charge is 2.11. The minimum absolute atomic E-state index is 0.270. The maximum atomic E-state index is 12.3. The fourth-order valence-electron chi connectivity index (χ4n) is 1.90. The summed E-state index contributed by atoms with van der Waals surface area (Å²) < 4.78 is 10.4. The van der Waals surface area contributed by atoms with Crippen LogP contribution in [0.1, 0.15) is 17.4 Å². The van der Waals surface area contributed by atoms with Gasteiger partial charge in [0.2, 0.25) is 0 Å². The summed E-state index contributed by atoms with van der Waals surface area (Å²) in [4.78, 5) is 20.4. The Morgan fingerprint density at radius 2 is 2.09 bits per heavy atom. The fraction of sp³-hybridized carbons (Fsp3) is 0.312. The normalized spacial score (nSPS) is 10.2. The van der Waals surface area contributed by atoms with Gasteiger partial charge in [0.15, 0.2) is 0 Å². The van der Waals surface area contributed by atoms with Crippen molar-refractivity contribution in [3.63, 3.8) is 0 Å². The molecule has 1 amide bonds. The average molecular weight is 316 g/mol. The molecule has 23 heavy (non-hydrogen) atoms. The number of hydrogen-bond donors (Lipinski definition) is 2. The number of carbonyl (C=O) groups is 1. The third-order valence-electron chi connectivity index (χ3n) is 2.95. The molecule has 0 bridgehead atoms. The maximum absolute atomic E-state index is 12.3. The summed E-state index contributed by atoms with van der Waals surface area (Å²) >= 11 is 0. The number of nitrogens with one attached hydrogen (secondary N) is 2. The molecule has 0 aliphatic rings. The molecular formula is C16H20N4O3. The lowest BCUT2D eigenvalue weighted by Crippen LogP contribution is -2.16. The lowest BCUT2D eigenvalue weighted by atomic mass is 10.2. The van der Waals surface area contributed by atoms with Crippen LogP contribution in [0.4, 0.5) is 11.5 Å². The van der Waals surface area contributed by atoms with Crippen LogP contribution >= 0.6 is 0 Å². The summed E-state index contributed by atoms with van der Waals surface area (Å²) in [7, 11) is 1.62. The zero-order chi connectivity index (χ0) is 16.5. The van der Waals surface area contributed by atoms with Gasteiger partial charge in [0.25, 0.3) is 5.91 Å². The van der Waals surface area contributed by atoms with Gasteiger partial charge in [0.05, 0.1) is 18.9 Å². The number of para-hydroxylation sites is 2. The number of nitrogens with zero attached hydrogens (tertiary/aromatic N) is 2. The Hall–Kier alpha value is -2.67. The van der Waals surface area contributed by atoms with Crippen molar-refractivity contribution in [2.75, 3.05) is 37.5 Å². The molecule has 0 radical (unpaired) electrons. The van der Waals surface area contributed by atoms with Crippen LogP contribution in [0.2, 0.25) is 0 Å². The standard InChI is InChI=1S/C16H20N4O3/c1-3-23-14-7-5-4-6-12(14)20-16(21)13-10-15(19-11-18-13)17-8-9-22-2/h4-7,10-11H,3,8-9H2,1-2H3,(H,20,21)(H,17,18,19). The van der Waals surface area contributed by atoms with Crippen LogP contribution in [0.5, 0.6) is 5.75 Å². The third kappa shape index (κ3) is 4.93. The van der Waals surface area contributed by atoms with Gasteiger partial charge in [-0.15, -0.1) is 0 Å². The van der Waals surface area contributed by atoms with Crippen molar-refractivity contribution in [2.45, 2.75) is 6.92 Å². The van der Waals surface area contributed by atoms with Crippen molar-refractivity contribution < 1.29 is 14.3 Å². The molecule has 7 heteroatoms. The van der Waals surface area contributed by atoms with Gasteiger partial charge < -0.3 is 20.1 Å². The monoisotopic (exact) mass is 316 g/mol. The van der Waals surface area contributed by atoms with Gasteiger partial charge in [-0.2, -0.15) is 0 Å². The number of amides is 1. The van der Waals surface area contributed by atoms with E-state index in [0.717, 1.165) is 0 Å². The summed E-state index contributed by atoms with van der Waals surface area (Å²) in [5.41, 5.74) is 0.873. The molecule has 0 aliphatic heterocycles. The van der Waals surface area contributed by atoms with Gasteiger partial charge in [-0.3, -0.25) is 4.79 Å². The first-order valence-electron chi connectivity index (χ1n) is 7.32. The molecule has 0 spiro atoms. The second kappa shape index (κ2) is 8.70. The van der Waals surface area contributed by atoms with Crippen LogP contribution < -0.4 is 15.4 Å². The third-order valence-corrected chi connectivity index (χ3v) is 2.95. The van der Waals surface area contributed by atoms with E-state index in [1.165, 1.54) is 6.33 Å². The Labute approximate surface area is 135 Å². The van der Waals surface area contributed by atoms with E-state index in [1.807, 2.05) is 19.1 Å². The SMILES string of the molecule is CCOc1ccccc1NC(=O)c1cc(NCCOC)ncn1. The van der Waals surface area contributed by atoms with E-state index in [9.17, 15) is 4.79 Å². The number of benzene rings is 1. The molecule has 1 aromatic carbocycles. The van der Waals surface area contributed by atoms with E-state index in [0.29, 0.717) is 37.0 Å². The average Bonchev–Trinajstić information content (AvgIpc) is 2.57. The van der Waals surface area contributed by atoms with Crippen molar-refractivity contribution in [1.82, 2.24) is 9.97 Å². The molecule has 0 fully saturated rings. The number of carbonyl (C=O) groups excluding carboxylic acids is 1. The summed E-state index contributed by atoms with van der Waals surface area (Å²) in [5.74, 6) is 0.866. The molecule has 2 N–H and O–H groups in total. The molecule has 7 nitrogen and oxygen atoms in total. The van der Waals surface area contributed by atoms with Crippen molar-refractivity contribution in [1.29, 1.82) is 0 Å². The van der Waals surface area contributed by atoms with Crippen LogP contribution in [-0.4, -0.2) is 42.7 Å². The highest BCUT2D eigenvalue weighted by atomic mass is 16.5. The Bertz CT molecular complexity index is 649. The van der Waals surface area contributed by atoms with Crippen molar-refractivity contribution in [3.8, 4) is 5.75 Å². The van der Waals surface area contributed by atoms with E-state index < -0.39 is 0 Å². The molecule has 2 rings (SSSR count). The van der Waals surface area contributed by atoms with Crippen molar-refractivity contribution in [3.05, 3.63) is 42.4 Å². The highest BCUT2D eigenvalue weighted by Crippen LogP contribution is 2.24. The predicted molar refractivity (Wildman–Crippen MR) is 88.0 cm³/mol. The Morgan fingerprint density at radius 1 is 1.26 bits per heavy atom. The fourth-order valence-corrected chi connectivity index (χ4v) is 1.90. The molecule has 0 unspecified atom stereocenters. The van der Waals surface area contributed by atoms with E-state index in [1.54, 1.807) is 25.3 Å². The quantitative estimate of drug-likeness (QED) is 0.726. The highest BCUT2D eigenvalue weighted by molar-refractivity contribution is 6.04. The van der Waals surface area contributed by atoms with E-state index in [-0.39, 0.29) is 11.6 Å². The molecule has 2 aromatic rings. The molecule has 0 atom stereocenters. The topological polar surface area (TPSA) is 85.4 Å². The van der Waals surface area contributed by atoms with E-state index in [2.05, 4.69) is 20.6 Å². The van der Waals surface area contributed by atoms with Gasteiger partial charge >= 0.3 is 0 Å². The molecule has 0 saturated heterocycles. The summed E-state index contributed by atoms with van der Waals surface area (Å²) in [6.07, 6.45) is 1.35. The van der Waals surface area contributed by atoms with Gasteiger partial charge in [-0.05, 0) is 19.1 Å². The number of methoxy groups -OCH3 is 1. The first-order valence-corrected chi connectivity index (χ1v) is 7.32. The van der Waals surface area contributed by atoms with Crippen molar-refractivity contribution in [2.24, 2.45) is 0 Å². The molecular weight excluding hydrogens is 296 g/mol. The lowest BCUT2D eigenvalue weighted by molar-refractivity contribution is 0.102. The maximum Gasteiger partial charge on any atom is 0.274 e. The van der Waals surface area contributed by atoms with Gasteiger partial charge in [0, 0.05) is 19.7 Å². The Kier molecular flexibility index (Phi) is 6.31. The second-order valence-corrected chi connectivity index (χ2v) is 4.59. The number of ether oxygens (including phenoxy) is 2. The summed E-state index contributed by atoms with van der Waals surface area (Å²) in [6, 6.07) is 8.85. The van der Waals surface area contributed by atoms with Crippen molar-refractivity contribution >= 4 is 17.4 Å². The van der Waals surface area contributed by atoms with Crippen LogP contribution in [0, 0.1) is 0 Å². The number of anilines is 2. The minimum atomic E-state index is -0.325. The molecule has 1 aromatic heterocycles. The number of aromatic nitrogens is 2. The minimum Gasteiger partial charge on any atom is -0.492 e. The molecule has 122 valence electrons. The zero-order valence-electron chi connectivity index (χ0n) is 13.2. The Balaban J connectivity index is 2.07. The number of hydrogen-bond acceptors (Lipinski definition) is 6. The molecule has 0 saturated carbocycles. The first-order chi connectivity index (χ1) is 11.2. The van der Waals surface area contributed by atoms with Crippen LogP contribution in [0.15, 0.2) is 36.7 Å². The van der Waals surface area contributed by atoms with Gasteiger partial charge in [0.1, 0.15) is 23.6 Å². The second-order valence-electron chi connectivity index (χ2n) is 4.59. The van der Waals surface area contributed by atoms with Crippen LogP contribution in [0.25, 0.3) is 0 Å². The van der Waals surface area contributed by atoms with Crippen LogP contribution in [0.3, 0.4) is 0 Å². The summed E-state index contributed by atoms with van der Waals surface area (Å²) in [5, 5.41) is 5.86. The van der Waals surface area contributed by atoms with E-state index in [4.69, 9.17) is 9.47 Å². The predicted octanol–water partition coefficient (Wildman–Crippen LogP) is 2.19. The van der Waals surface area contributed by atoms with Gasteiger partial charge in [-0.25, -0.2) is 9.97 Å². The lowest BCUT2D eigenvalue weighted by Gasteiger charge is -2.11. The Morgan fingerprint density at radius 3 is 2.87 bits per heavy atom. The zero-order valence-corrected chi connectivity index (χ0v) is 13.2. The smallest absolute Gasteiger partial charge is 0.274 e. The molecule has 0 aliphatic carbocycles. The summed E-state index contributed by atoms with van der Waals surface area (Å²) in [6.45, 7) is 3.56. The first kappa shape index (κ1) is 16.7. The van der Waals surface area contributed by atoms with Crippen LogP contribution in [-0.2, 0) is 4.74 Å². The number of rotatable bonds is 8. The van der Waals surface area contributed by atoms with Gasteiger partial charge in [-0.1, -0.05) is 12.1 Å². The van der Waals surface area contributed by atoms with E-state index >= 15 is 0 Å². The molecule has 1 heterocycles. The largest absolute Gasteiger partial charge is 0.492 e.